The molecule has 3 N–H and O–H groups in total. The van der Waals surface area contributed by atoms with Gasteiger partial charge in [0.1, 0.15) is 5.82 Å². The van der Waals surface area contributed by atoms with Crippen molar-refractivity contribution in [1.29, 1.82) is 0 Å². The van der Waals surface area contributed by atoms with E-state index in [1.54, 1.807) is 25.1 Å². The van der Waals surface area contributed by atoms with Gasteiger partial charge in [-0.1, -0.05) is 11.2 Å². The van der Waals surface area contributed by atoms with Gasteiger partial charge in [-0.05, 0) is 52.7 Å². The highest BCUT2D eigenvalue weighted by molar-refractivity contribution is 9.10. The van der Waals surface area contributed by atoms with Crippen LogP contribution >= 0.6 is 15.9 Å². The summed E-state index contributed by atoms with van der Waals surface area (Å²) < 4.78 is 15.0. The maximum atomic E-state index is 13.2. The van der Waals surface area contributed by atoms with E-state index in [0.717, 1.165) is 11.3 Å². The average molecular weight is 354 g/mol. The Labute approximate surface area is 128 Å². The highest BCUT2D eigenvalue weighted by Gasteiger charge is 2.11. The summed E-state index contributed by atoms with van der Waals surface area (Å²) in [4.78, 5) is 12.4. The van der Waals surface area contributed by atoms with Crippen molar-refractivity contribution in [3.63, 3.8) is 0 Å². The van der Waals surface area contributed by atoms with Crippen molar-refractivity contribution in [1.82, 2.24) is 4.57 Å². The monoisotopic (exact) mass is 353 g/mol. The van der Waals surface area contributed by atoms with Crippen LogP contribution in [0.4, 0.5) is 4.39 Å². The zero-order chi connectivity index (χ0) is 15.6. The van der Waals surface area contributed by atoms with Crippen LogP contribution in [0.3, 0.4) is 0 Å². The maximum Gasteiger partial charge on any atom is 0.262 e. The van der Waals surface area contributed by atoms with E-state index in [-0.39, 0.29) is 29.3 Å². The van der Waals surface area contributed by atoms with Crippen molar-refractivity contribution in [3.8, 4) is 0 Å². The molecule has 0 saturated carbocycles. The second-order valence-corrected chi connectivity index (χ2v) is 5.37. The molecule has 0 saturated heterocycles. The molecule has 0 bridgehead atoms. The summed E-state index contributed by atoms with van der Waals surface area (Å²) in [6.45, 7) is 2.03. The van der Waals surface area contributed by atoms with Gasteiger partial charge in [-0.2, -0.15) is 0 Å². The summed E-state index contributed by atoms with van der Waals surface area (Å²) in [5.74, 6) is -0.609. The molecule has 1 heterocycles. The number of nitrogens with two attached hydrogens (primary N) is 1. The van der Waals surface area contributed by atoms with E-state index in [0.29, 0.717) is 4.47 Å². The Morgan fingerprint density at radius 2 is 2.14 bits per heavy atom. The molecule has 2 rings (SSSR count). The third-order valence-corrected chi connectivity index (χ3v) is 3.71. The lowest BCUT2D eigenvalue weighted by atomic mass is 10.2. The first-order valence-corrected chi connectivity index (χ1v) is 6.85. The molecular formula is C14H13BrFN3O2. The van der Waals surface area contributed by atoms with Gasteiger partial charge >= 0.3 is 0 Å². The minimum atomic E-state index is -0.370. The molecule has 0 fully saturated rings. The number of nitrogens with zero attached hydrogens (tertiary/aromatic N) is 2. The first kappa shape index (κ1) is 15.2. The normalized spacial score (nSPS) is 11.7. The Balaban J connectivity index is 2.49. The smallest absolute Gasteiger partial charge is 0.262 e. The number of rotatable bonds is 3. The molecule has 2 aromatic rings. The zero-order valence-corrected chi connectivity index (χ0v) is 12.8. The van der Waals surface area contributed by atoms with Crippen LogP contribution in [0.2, 0.25) is 0 Å². The summed E-state index contributed by atoms with van der Waals surface area (Å²) in [5.41, 5.74) is 6.70. The molecule has 0 aliphatic heterocycles. The fraction of sp³-hybridized carbons (Fsp3) is 0.143. The van der Waals surface area contributed by atoms with Crippen LogP contribution in [-0.4, -0.2) is 15.6 Å². The number of benzene rings is 1. The Hall–Kier alpha value is -2.15. The Bertz CT molecular complexity index is 771. The van der Waals surface area contributed by atoms with Crippen molar-refractivity contribution in [2.45, 2.75) is 13.5 Å². The molecule has 5 nitrogen and oxygen atoms in total. The summed E-state index contributed by atoms with van der Waals surface area (Å²) in [6, 6.07) is 7.74. The number of hydrogen-bond donors (Lipinski definition) is 2. The van der Waals surface area contributed by atoms with Crippen LogP contribution in [-0.2, 0) is 6.54 Å². The SMILES string of the molecule is Cc1ccc(/C(N)=N/O)c(=O)n1Cc1ccc(F)c(Br)c1. The van der Waals surface area contributed by atoms with Gasteiger partial charge in [0.25, 0.3) is 5.56 Å². The lowest BCUT2D eigenvalue weighted by molar-refractivity contribution is 0.318. The summed E-state index contributed by atoms with van der Waals surface area (Å²) in [5, 5.41) is 11.5. The Morgan fingerprint density at radius 3 is 2.76 bits per heavy atom. The highest BCUT2D eigenvalue weighted by Crippen LogP contribution is 2.17. The number of oxime groups is 1. The van der Waals surface area contributed by atoms with E-state index in [2.05, 4.69) is 21.1 Å². The highest BCUT2D eigenvalue weighted by atomic mass is 79.9. The molecular weight excluding hydrogens is 341 g/mol. The first-order valence-electron chi connectivity index (χ1n) is 6.06. The first-order chi connectivity index (χ1) is 9.93. The summed E-state index contributed by atoms with van der Waals surface area (Å²) in [6.07, 6.45) is 0. The van der Waals surface area contributed by atoms with Gasteiger partial charge < -0.3 is 15.5 Å². The number of aromatic nitrogens is 1. The summed E-state index contributed by atoms with van der Waals surface area (Å²) >= 11 is 3.11. The van der Waals surface area contributed by atoms with Gasteiger partial charge in [-0.25, -0.2) is 4.39 Å². The van der Waals surface area contributed by atoms with Gasteiger partial charge in [-0.15, -0.1) is 0 Å². The third kappa shape index (κ3) is 3.13. The van der Waals surface area contributed by atoms with E-state index in [1.807, 2.05) is 0 Å². The van der Waals surface area contributed by atoms with Crippen LogP contribution in [0.5, 0.6) is 0 Å². The van der Waals surface area contributed by atoms with Crippen LogP contribution in [0.25, 0.3) is 0 Å². The van der Waals surface area contributed by atoms with Gasteiger partial charge in [0.2, 0.25) is 0 Å². The molecule has 0 aliphatic carbocycles. The van der Waals surface area contributed by atoms with Crippen LogP contribution in [0.15, 0.2) is 44.8 Å². The van der Waals surface area contributed by atoms with Crippen molar-refractivity contribution < 1.29 is 9.60 Å². The average Bonchev–Trinajstić information content (AvgIpc) is 2.46. The van der Waals surface area contributed by atoms with Gasteiger partial charge in [0, 0.05) is 5.69 Å². The molecule has 21 heavy (non-hydrogen) atoms. The number of halogens is 2. The molecule has 0 unspecified atom stereocenters. The number of amidine groups is 1. The van der Waals surface area contributed by atoms with Gasteiger partial charge in [-0.3, -0.25) is 4.79 Å². The standard InChI is InChI=1S/C14H13BrFN3O2/c1-8-2-4-10(13(17)18-21)14(20)19(8)7-9-3-5-12(16)11(15)6-9/h2-6,21H,7H2,1H3,(H2,17,18). The number of hydrogen-bond acceptors (Lipinski definition) is 3. The molecule has 110 valence electrons. The molecule has 0 amide bonds. The maximum absolute atomic E-state index is 13.2. The molecule has 0 aliphatic rings. The van der Waals surface area contributed by atoms with Gasteiger partial charge in [0.15, 0.2) is 5.84 Å². The predicted octanol–water partition coefficient (Wildman–Crippen LogP) is 2.20. The van der Waals surface area contributed by atoms with Crippen molar-refractivity contribution in [2.24, 2.45) is 10.9 Å². The second-order valence-electron chi connectivity index (χ2n) is 4.51. The van der Waals surface area contributed by atoms with E-state index in [9.17, 15) is 9.18 Å². The molecule has 1 aromatic carbocycles. The van der Waals surface area contributed by atoms with Crippen molar-refractivity contribution in [3.05, 3.63) is 67.8 Å². The molecule has 1 aromatic heterocycles. The lowest BCUT2D eigenvalue weighted by Crippen LogP contribution is -2.31. The molecule has 0 atom stereocenters. The topological polar surface area (TPSA) is 80.6 Å². The number of pyridine rings is 1. The fourth-order valence-electron chi connectivity index (χ4n) is 1.94. The Kier molecular flexibility index (Phi) is 4.42. The quantitative estimate of drug-likeness (QED) is 0.384. The Morgan fingerprint density at radius 1 is 1.43 bits per heavy atom. The van der Waals surface area contributed by atoms with Crippen LogP contribution in [0, 0.1) is 12.7 Å². The van der Waals surface area contributed by atoms with Crippen molar-refractivity contribution >= 4 is 21.8 Å². The molecule has 0 spiro atoms. The van der Waals surface area contributed by atoms with E-state index >= 15 is 0 Å². The zero-order valence-electron chi connectivity index (χ0n) is 11.2. The molecule has 0 radical (unpaired) electrons. The fourth-order valence-corrected chi connectivity index (χ4v) is 2.36. The van der Waals surface area contributed by atoms with Crippen LogP contribution < -0.4 is 11.3 Å². The van der Waals surface area contributed by atoms with E-state index in [4.69, 9.17) is 10.9 Å². The second kappa shape index (κ2) is 6.09. The van der Waals surface area contributed by atoms with E-state index < -0.39 is 0 Å². The third-order valence-electron chi connectivity index (χ3n) is 3.10. The summed E-state index contributed by atoms with van der Waals surface area (Å²) in [7, 11) is 0. The van der Waals surface area contributed by atoms with Crippen molar-refractivity contribution in [2.75, 3.05) is 0 Å². The largest absolute Gasteiger partial charge is 0.409 e. The number of aryl methyl sites for hydroxylation is 1. The van der Waals surface area contributed by atoms with Crippen LogP contribution in [0.1, 0.15) is 16.8 Å². The van der Waals surface area contributed by atoms with Gasteiger partial charge in [0.05, 0.1) is 16.6 Å². The lowest BCUT2D eigenvalue weighted by Gasteiger charge is -2.12. The minimum absolute atomic E-state index is 0.115. The predicted molar refractivity (Wildman–Crippen MR) is 81.2 cm³/mol. The minimum Gasteiger partial charge on any atom is -0.409 e. The molecule has 7 heteroatoms. The van der Waals surface area contributed by atoms with E-state index in [1.165, 1.54) is 16.7 Å².